The molecule has 1 heteroatoms. The normalized spacial score (nSPS) is 17.9. The Balaban J connectivity index is 1.93. The van der Waals surface area contributed by atoms with Crippen molar-refractivity contribution >= 4 is 11.4 Å². The standard InChI is InChI=1S/C20H21N/c1-15-12-13-16(2)19(14-15)18-10-6-7-11-20(18)21-17-8-4-3-5-9-17/h3-13,19,21H,14H2,1-2H3. The molecule has 0 bridgehead atoms. The molecule has 21 heavy (non-hydrogen) atoms. The lowest BCUT2D eigenvalue weighted by molar-refractivity contribution is 0.766. The van der Waals surface area contributed by atoms with E-state index in [1.54, 1.807) is 0 Å². The lowest BCUT2D eigenvalue weighted by Gasteiger charge is -2.25. The number of para-hydroxylation sites is 2. The van der Waals surface area contributed by atoms with Gasteiger partial charge < -0.3 is 5.32 Å². The van der Waals surface area contributed by atoms with Crippen LogP contribution >= 0.6 is 0 Å². The van der Waals surface area contributed by atoms with Gasteiger partial charge in [-0.05, 0) is 44.0 Å². The van der Waals surface area contributed by atoms with Crippen molar-refractivity contribution in [2.75, 3.05) is 5.32 Å². The second kappa shape index (κ2) is 6.01. The summed E-state index contributed by atoms with van der Waals surface area (Å²) in [4.78, 5) is 0. The van der Waals surface area contributed by atoms with Crippen LogP contribution in [0.5, 0.6) is 0 Å². The van der Waals surface area contributed by atoms with Crippen LogP contribution < -0.4 is 5.32 Å². The van der Waals surface area contributed by atoms with Crippen LogP contribution in [-0.2, 0) is 0 Å². The average molecular weight is 275 g/mol. The van der Waals surface area contributed by atoms with Gasteiger partial charge in [0.05, 0.1) is 0 Å². The summed E-state index contributed by atoms with van der Waals surface area (Å²) in [5.41, 5.74) is 6.59. The van der Waals surface area contributed by atoms with E-state index in [9.17, 15) is 0 Å². The highest BCUT2D eigenvalue weighted by Gasteiger charge is 2.19. The molecule has 106 valence electrons. The molecule has 1 nitrogen and oxygen atoms in total. The Bertz CT molecular complexity index is 680. The SMILES string of the molecule is CC1=CC=C(C)C(c2ccccc2Nc2ccccc2)C1. The van der Waals surface area contributed by atoms with Crippen molar-refractivity contribution in [1.82, 2.24) is 0 Å². The molecule has 0 aromatic heterocycles. The molecular formula is C20H21N. The van der Waals surface area contributed by atoms with E-state index >= 15 is 0 Å². The Hall–Kier alpha value is -2.28. The molecule has 0 amide bonds. The number of nitrogens with one attached hydrogen (secondary N) is 1. The van der Waals surface area contributed by atoms with Gasteiger partial charge in [0, 0.05) is 17.3 Å². The van der Waals surface area contributed by atoms with Gasteiger partial charge in [0.15, 0.2) is 0 Å². The van der Waals surface area contributed by atoms with Gasteiger partial charge in [0.25, 0.3) is 0 Å². The van der Waals surface area contributed by atoms with Crippen LogP contribution in [-0.4, -0.2) is 0 Å². The van der Waals surface area contributed by atoms with Gasteiger partial charge >= 0.3 is 0 Å². The smallest absolute Gasteiger partial charge is 0.0423 e. The van der Waals surface area contributed by atoms with E-state index in [-0.39, 0.29) is 0 Å². The van der Waals surface area contributed by atoms with E-state index in [0.717, 1.165) is 12.1 Å². The van der Waals surface area contributed by atoms with Crippen molar-refractivity contribution in [3.63, 3.8) is 0 Å². The van der Waals surface area contributed by atoms with Crippen LogP contribution in [0.1, 0.15) is 31.7 Å². The molecule has 1 N–H and O–H groups in total. The number of rotatable bonds is 3. The minimum absolute atomic E-state index is 0.474. The van der Waals surface area contributed by atoms with Crippen molar-refractivity contribution in [2.45, 2.75) is 26.2 Å². The minimum atomic E-state index is 0.474. The van der Waals surface area contributed by atoms with Crippen molar-refractivity contribution in [3.05, 3.63) is 83.5 Å². The molecule has 0 radical (unpaired) electrons. The highest BCUT2D eigenvalue weighted by Crippen LogP contribution is 2.38. The Morgan fingerprint density at radius 2 is 1.57 bits per heavy atom. The van der Waals surface area contributed by atoms with Gasteiger partial charge in [-0.3, -0.25) is 0 Å². The Labute approximate surface area is 127 Å². The summed E-state index contributed by atoms with van der Waals surface area (Å²) in [6.45, 7) is 4.44. The van der Waals surface area contributed by atoms with Crippen molar-refractivity contribution in [1.29, 1.82) is 0 Å². The monoisotopic (exact) mass is 275 g/mol. The van der Waals surface area contributed by atoms with Gasteiger partial charge in [-0.1, -0.05) is 59.7 Å². The van der Waals surface area contributed by atoms with E-state index in [0.29, 0.717) is 5.92 Å². The van der Waals surface area contributed by atoms with Gasteiger partial charge in [0.2, 0.25) is 0 Å². The number of hydrogen-bond acceptors (Lipinski definition) is 1. The summed E-state index contributed by atoms with van der Waals surface area (Å²) >= 11 is 0. The van der Waals surface area contributed by atoms with Crippen molar-refractivity contribution in [3.8, 4) is 0 Å². The molecule has 1 atom stereocenters. The molecule has 1 aliphatic rings. The quantitative estimate of drug-likeness (QED) is 0.745. The second-order valence-corrected chi connectivity index (χ2v) is 5.76. The number of hydrogen-bond donors (Lipinski definition) is 1. The Morgan fingerprint density at radius 1 is 0.857 bits per heavy atom. The fourth-order valence-corrected chi connectivity index (χ4v) is 2.89. The van der Waals surface area contributed by atoms with Crippen LogP contribution in [0, 0.1) is 0 Å². The minimum Gasteiger partial charge on any atom is -0.355 e. The molecule has 1 unspecified atom stereocenters. The number of allylic oxidation sites excluding steroid dienone is 4. The summed E-state index contributed by atoms with van der Waals surface area (Å²) in [5.74, 6) is 0.474. The highest BCUT2D eigenvalue weighted by molar-refractivity contribution is 5.65. The average Bonchev–Trinajstić information content (AvgIpc) is 2.51. The molecule has 0 heterocycles. The fourth-order valence-electron chi connectivity index (χ4n) is 2.89. The predicted molar refractivity (Wildman–Crippen MR) is 91.0 cm³/mol. The lowest BCUT2D eigenvalue weighted by Crippen LogP contribution is -2.07. The zero-order valence-electron chi connectivity index (χ0n) is 12.6. The summed E-state index contributed by atoms with van der Waals surface area (Å²) in [6.07, 6.45) is 5.59. The maximum Gasteiger partial charge on any atom is 0.0423 e. The van der Waals surface area contributed by atoms with E-state index in [2.05, 4.69) is 79.8 Å². The van der Waals surface area contributed by atoms with E-state index in [1.807, 2.05) is 6.07 Å². The maximum atomic E-state index is 3.56. The van der Waals surface area contributed by atoms with Crippen LogP contribution in [0.2, 0.25) is 0 Å². The van der Waals surface area contributed by atoms with Crippen LogP contribution in [0.4, 0.5) is 11.4 Å². The largest absolute Gasteiger partial charge is 0.355 e. The first-order valence-electron chi connectivity index (χ1n) is 7.49. The molecule has 2 aromatic carbocycles. The molecule has 1 aliphatic carbocycles. The van der Waals surface area contributed by atoms with Gasteiger partial charge in [0.1, 0.15) is 0 Å². The zero-order chi connectivity index (χ0) is 14.7. The first kappa shape index (κ1) is 13.7. The Kier molecular flexibility index (Phi) is 3.92. The number of anilines is 2. The van der Waals surface area contributed by atoms with E-state index in [1.165, 1.54) is 22.4 Å². The molecule has 0 saturated carbocycles. The topological polar surface area (TPSA) is 12.0 Å². The molecule has 0 aliphatic heterocycles. The highest BCUT2D eigenvalue weighted by atomic mass is 14.9. The van der Waals surface area contributed by atoms with Crippen molar-refractivity contribution < 1.29 is 0 Å². The summed E-state index contributed by atoms with van der Waals surface area (Å²) in [7, 11) is 0. The molecular weight excluding hydrogens is 254 g/mol. The van der Waals surface area contributed by atoms with Gasteiger partial charge in [-0.25, -0.2) is 0 Å². The third-order valence-corrected chi connectivity index (χ3v) is 4.10. The molecule has 0 saturated heterocycles. The molecule has 0 fully saturated rings. The third kappa shape index (κ3) is 3.08. The Morgan fingerprint density at radius 3 is 2.38 bits per heavy atom. The van der Waals surface area contributed by atoms with Crippen LogP contribution in [0.3, 0.4) is 0 Å². The van der Waals surface area contributed by atoms with Crippen LogP contribution in [0.25, 0.3) is 0 Å². The van der Waals surface area contributed by atoms with E-state index in [4.69, 9.17) is 0 Å². The number of benzene rings is 2. The van der Waals surface area contributed by atoms with Crippen LogP contribution in [0.15, 0.2) is 77.9 Å². The molecule has 3 rings (SSSR count). The van der Waals surface area contributed by atoms with Gasteiger partial charge in [-0.2, -0.15) is 0 Å². The lowest BCUT2D eigenvalue weighted by atomic mass is 9.82. The second-order valence-electron chi connectivity index (χ2n) is 5.76. The molecule has 2 aromatic rings. The summed E-state index contributed by atoms with van der Waals surface area (Å²) in [5, 5.41) is 3.56. The summed E-state index contributed by atoms with van der Waals surface area (Å²) in [6, 6.07) is 19.0. The summed E-state index contributed by atoms with van der Waals surface area (Å²) < 4.78 is 0. The van der Waals surface area contributed by atoms with Crippen molar-refractivity contribution in [2.24, 2.45) is 0 Å². The maximum absolute atomic E-state index is 3.56. The fraction of sp³-hybridized carbons (Fsp3) is 0.200. The van der Waals surface area contributed by atoms with E-state index < -0.39 is 0 Å². The zero-order valence-corrected chi connectivity index (χ0v) is 12.6. The third-order valence-electron chi connectivity index (χ3n) is 4.10. The first-order valence-corrected chi connectivity index (χ1v) is 7.49. The van der Waals surface area contributed by atoms with Gasteiger partial charge in [-0.15, -0.1) is 0 Å². The molecule has 0 spiro atoms. The predicted octanol–water partition coefficient (Wildman–Crippen LogP) is 5.81. The first-order chi connectivity index (χ1) is 10.2.